The molecule has 2 saturated carbocycles. The molecular weight excluding hydrogens is 592 g/mol. The van der Waals surface area contributed by atoms with Crippen LogP contribution in [0.5, 0.6) is 0 Å². The van der Waals surface area contributed by atoms with Gasteiger partial charge in [-0.05, 0) is 61.2 Å². The SMILES string of the molecule is C[C@@H]1CCCC(=O)C1.C[C@H]1CCCC(=O)C1.OC(C#CC#CC(O)(c1ccccc1)c1ccccc1)(c1ccccc1)c1ccccc1. The summed E-state index contributed by atoms with van der Waals surface area (Å²) >= 11 is 0. The topological polar surface area (TPSA) is 74.6 Å². The van der Waals surface area contributed by atoms with Crippen molar-refractivity contribution >= 4 is 11.6 Å². The summed E-state index contributed by atoms with van der Waals surface area (Å²) in [7, 11) is 0. The number of carbonyl (C=O) groups is 2. The lowest BCUT2D eigenvalue weighted by Crippen LogP contribution is -2.25. The maximum absolute atomic E-state index is 11.5. The van der Waals surface area contributed by atoms with Crippen LogP contribution in [-0.4, -0.2) is 21.8 Å². The van der Waals surface area contributed by atoms with Gasteiger partial charge in [0.15, 0.2) is 11.2 Å². The molecule has 2 fully saturated rings. The number of aliphatic hydroxyl groups is 2. The van der Waals surface area contributed by atoms with Crippen molar-refractivity contribution in [3.05, 3.63) is 144 Å². The number of hydrogen-bond donors (Lipinski definition) is 2. The summed E-state index contributed by atoms with van der Waals surface area (Å²) in [4.78, 5) is 21.3. The Bertz CT molecular complexity index is 1500. The van der Waals surface area contributed by atoms with Crippen LogP contribution in [0.3, 0.4) is 0 Å². The fourth-order valence-electron chi connectivity index (χ4n) is 6.06. The van der Waals surface area contributed by atoms with Crippen molar-refractivity contribution in [3.63, 3.8) is 0 Å². The van der Waals surface area contributed by atoms with Gasteiger partial charge >= 0.3 is 0 Å². The van der Waals surface area contributed by atoms with E-state index >= 15 is 0 Å². The third-order valence-electron chi connectivity index (χ3n) is 8.77. The molecule has 4 aromatic rings. The normalized spacial score (nSPS) is 17.5. The highest BCUT2D eigenvalue weighted by molar-refractivity contribution is 5.79. The molecule has 2 aliphatic rings. The molecule has 2 aliphatic carbocycles. The van der Waals surface area contributed by atoms with Gasteiger partial charge in [0, 0.05) is 47.9 Å². The van der Waals surface area contributed by atoms with E-state index in [9.17, 15) is 19.8 Å². The molecule has 2 N–H and O–H groups in total. The number of carbonyl (C=O) groups excluding carboxylic acids is 2. The lowest BCUT2D eigenvalue weighted by atomic mass is 9.86. The van der Waals surface area contributed by atoms with Crippen molar-refractivity contribution in [1.82, 2.24) is 0 Å². The Kier molecular flexibility index (Phi) is 13.5. The van der Waals surface area contributed by atoms with Crippen LogP contribution in [0, 0.1) is 35.5 Å². The van der Waals surface area contributed by atoms with Crippen LogP contribution >= 0.6 is 0 Å². The van der Waals surface area contributed by atoms with E-state index in [4.69, 9.17) is 0 Å². The van der Waals surface area contributed by atoms with E-state index in [1.54, 1.807) is 0 Å². The molecule has 0 heterocycles. The monoisotopic (exact) mass is 638 g/mol. The zero-order valence-electron chi connectivity index (χ0n) is 28.1. The standard InChI is InChI=1S/C30H22O2.2C7H12O/c31-29(25-15-5-1-6-16-25,26-17-7-2-8-18-26)23-13-14-24-30(32,27-19-9-3-10-20-27)28-21-11-4-12-22-28;2*1-6-3-2-4-7(8)5-6/h1-12,15-22,31-32H;2*6H,2-5H2,1H3/t;2*6-/m.10/s1. The van der Waals surface area contributed by atoms with Crippen LogP contribution in [0.1, 0.15) is 87.5 Å². The van der Waals surface area contributed by atoms with Crippen LogP contribution in [0.2, 0.25) is 0 Å². The first-order chi connectivity index (χ1) is 23.2. The minimum Gasteiger partial charge on any atom is -0.369 e. The van der Waals surface area contributed by atoms with Crippen molar-refractivity contribution in [3.8, 4) is 23.7 Å². The van der Waals surface area contributed by atoms with Crippen molar-refractivity contribution in [1.29, 1.82) is 0 Å². The van der Waals surface area contributed by atoms with Gasteiger partial charge in [-0.2, -0.15) is 0 Å². The fourth-order valence-corrected chi connectivity index (χ4v) is 6.06. The van der Waals surface area contributed by atoms with Gasteiger partial charge in [0.05, 0.1) is 0 Å². The van der Waals surface area contributed by atoms with Gasteiger partial charge in [-0.15, -0.1) is 0 Å². The van der Waals surface area contributed by atoms with Crippen molar-refractivity contribution < 1.29 is 19.8 Å². The van der Waals surface area contributed by atoms with E-state index in [0.717, 1.165) is 38.5 Å². The maximum atomic E-state index is 11.5. The molecule has 4 aromatic carbocycles. The highest BCUT2D eigenvalue weighted by Gasteiger charge is 2.30. The largest absolute Gasteiger partial charge is 0.369 e. The van der Waals surface area contributed by atoms with Crippen molar-refractivity contribution in [2.24, 2.45) is 11.8 Å². The summed E-state index contributed by atoms with van der Waals surface area (Å²) in [5, 5.41) is 23.0. The Hall–Kier alpha value is -4.74. The van der Waals surface area contributed by atoms with E-state index in [0.29, 0.717) is 45.7 Å². The van der Waals surface area contributed by atoms with E-state index < -0.39 is 11.2 Å². The third kappa shape index (κ3) is 10.4. The molecule has 2 atom stereocenters. The Labute approximate surface area is 286 Å². The molecule has 0 aliphatic heterocycles. The van der Waals surface area contributed by atoms with Crippen LogP contribution in [-0.2, 0) is 20.8 Å². The summed E-state index contributed by atoms with van der Waals surface area (Å²) in [5.41, 5.74) is -0.420. The van der Waals surface area contributed by atoms with Gasteiger partial charge < -0.3 is 10.2 Å². The molecule has 0 radical (unpaired) electrons. The Morgan fingerprint density at radius 3 is 0.979 bits per heavy atom. The fraction of sp³-hybridized carbons (Fsp3) is 0.318. The molecule has 0 unspecified atom stereocenters. The Balaban J connectivity index is 0.000000264. The molecule has 0 spiro atoms. The second-order valence-corrected chi connectivity index (χ2v) is 12.9. The molecule has 0 bridgehead atoms. The Morgan fingerprint density at radius 2 is 0.771 bits per heavy atom. The molecule has 48 heavy (non-hydrogen) atoms. The quantitative estimate of drug-likeness (QED) is 0.220. The van der Waals surface area contributed by atoms with Gasteiger partial charge in [-0.25, -0.2) is 0 Å². The molecule has 4 nitrogen and oxygen atoms in total. The molecule has 0 saturated heterocycles. The van der Waals surface area contributed by atoms with Gasteiger partial charge in [0.2, 0.25) is 0 Å². The predicted molar refractivity (Wildman–Crippen MR) is 193 cm³/mol. The van der Waals surface area contributed by atoms with E-state index in [2.05, 4.69) is 37.5 Å². The zero-order chi connectivity index (χ0) is 34.2. The average Bonchev–Trinajstić information content (AvgIpc) is 3.12. The van der Waals surface area contributed by atoms with Gasteiger partial charge in [-0.3, -0.25) is 9.59 Å². The molecule has 6 rings (SSSR count). The molecule has 0 aromatic heterocycles. The van der Waals surface area contributed by atoms with Crippen molar-refractivity contribution in [2.75, 3.05) is 0 Å². The van der Waals surface area contributed by atoms with Gasteiger partial charge in [-0.1, -0.05) is 135 Å². The van der Waals surface area contributed by atoms with Crippen LogP contribution < -0.4 is 0 Å². The van der Waals surface area contributed by atoms with Crippen LogP contribution in [0.25, 0.3) is 0 Å². The summed E-state index contributed by atoms with van der Waals surface area (Å²) in [6.45, 7) is 4.30. The predicted octanol–water partition coefficient (Wildman–Crippen LogP) is 8.40. The minimum absolute atomic E-state index is 0.462. The number of benzene rings is 4. The molecule has 0 amide bonds. The lowest BCUT2D eigenvalue weighted by Gasteiger charge is -2.23. The van der Waals surface area contributed by atoms with E-state index in [1.165, 1.54) is 12.8 Å². The first-order valence-electron chi connectivity index (χ1n) is 17.0. The smallest absolute Gasteiger partial charge is 0.177 e. The molecule has 4 heteroatoms. The number of Topliss-reactive ketones (excluding diaryl/α,β-unsaturated/α-hetero) is 2. The molecule has 246 valence electrons. The van der Waals surface area contributed by atoms with E-state index in [1.807, 2.05) is 121 Å². The minimum atomic E-state index is -1.52. The summed E-state index contributed by atoms with van der Waals surface area (Å²) in [6, 6.07) is 37.1. The first-order valence-corrected chi connectivity index (χ1v) is 17.0. The summed E-state index contributed by atoms with van der Waals surface area (Å²) in [6.07, 6.45) is 8.10. The highest BCUT2D eigenvalue weighted by atomic mass is 16.3. The van der Waals surface area contributed by atoms with Crippen molar-refractivity contribution in [2.45, 2.75) is 76.4 Å². The average molecular weight is 639 g/mol. The number of rotatable bonds is 4. The first kappa shape index (κ1) is 36.1. The molecular formula is C44H46O4. The van der Waals surface area contributed by atoms with Gasteiger partial charge in [0.1, 0.15) is 11.6 Å². The second-order valence-electron chi connectivity index (χ2n) is 12.9. The van der Waals surface area contributed by atoms with Gasteiger partial charge in [0.25, 0.3) is 0 Å². The lowest BCUT2D eigenvalue weighted by molar-refractivity contribution is -0.122. The Morgan fingerprint density at radius 1 is 0.500 bits per heavy atom. The third-order valence-corrected chi connectivity index (χ3v) is 8.77. The van der Waals surface area contributed by atoms with Crippen LogP contribution in [0.15, 0.2) is 121 Å². The number of hydrogen-bond acceptors (Lipinski definition) is 4. The number of ketones is 2. The summed E-state index contributed by atoms with van der Waals surface area (Å²) < 4.78 is 0. The zero-order valence-corrected chi connectivity index (χ0v) is 28.1. The van der Waals surface area contributed by atoms with Crippen LogP contribution in [0.4, 0.5) is 0 Å². The van der Waals surface area contributed by atoms with E-state index in [-0.39, 0.29) is 0 Å². The summed E-state index contributed by atoms with van der Waals surface area (Å²) in [5.74, 6) is 13.7. The second kappa shape index (κ2) is 18.0. The maximum Gasteiger partial charge on any atom is 0.177 e. The highest BCUT2D eigenvalue weighted by Crippen LogP contribution is 2.30.